The molecule has 0 aromatic heterocycles. The first kappa shape index (κ1) is 11.9. The monoisotopic (exact) mass is 283 g/mol. The highest BCUT2D eigenvalue weighted by atomic mass is 79.9. The van der Waals surface area contributed by atoms with Gasteiger partial charge < -0.3 is 10.0 Å². The van der Waals surface area contributed by atoms with Gasteiger partial charge in [0.15, 0.2) is 0 Å². The van der Waals surface area contributed by atoms with Gasteiger partial charge in [0.2, 0.25) is 0 Å². The molecule has 0 unspecified atom stereocenters. The Morgan fingerprint density at radius 3 is 2.56 bits per heavy atom. The van der Waals surface area contributed by atoms with E-state index in [1.54, 1.807) is 0 Å². The van der Waals surface area contributed by atoms with Crippen LogP contribution in [0.1, 0.15) is 25.7 Å². The summed E-state index contributed by atoms with van der Waals surface area (Å²) in [4.78, 5) is 2.33. The molecule has 1 aromatic carbocycles. The smallest absolute Gasteiger partial charge is 0.0541 e. The van der Waals surface area contributed by atoms with Crippen molar-refractivity contribution in [3.05, 3.63) is 28.7 Å². The molecule has 1 N–H and O–H groups in total. The molecule has 1 aliphatic rings. The first-order valence-electron chi connectivity index (χ1n) is 5.83. The molecule has 88 valence electrons. The second-order valence-electron chi connectivity index (χ2n) is 4.55. The van der Waals surface area contributed by atoms with Gasteiger partial charge in [-0.2, -0.15) is 0 Å². The van der Waals surface area contributed by atoms with Gasteiger partial charge in [0.25, 0.3) is 0 Å². The van der Waals surface area contributed by atoms with Gasteiger partial charge in [-0.3, -0.25) is 0 Å². The predicted octanol–water partition coefficient (Wildman–Crippen LogP) is 3.19. The van der Waals surface area contributed by atoms with Crippen molar-refractivity contribution >= 4 is 21.6 Å². The lowest BCUT2D eigenvalue weighted by molar-refractivity contribution is 0.122. The van der Waals surface area contributed by atoms with E-state index in [9.17, 15) is 5.11 Å². The predicted molar refractivity (Wildman–Crippen MR) is 70.8 cm³/mol. The molecule has 0 aliphatic heterocycles. The molecule has 0 bridgehead atoms. The van der Waals surface area contributed by atoms with E-state index in [0.717, 1.165) is 30.2 Å². The molecule has 0 atom stereocenters. The summed E-state index contributed by atoms with van der Waals surface area (Å²) < 4.78 is 1.12. The Balaban J connectivity index is 2.04. The lowest BCUT2D eigenvalue weighted by Gasteiger charge is -2.34. The van der Waals surface area contributed by atoms with Crippen molar-refractivity contribution < 1.29 is 5.11 Å². The Morgan fingerprint density at radius 1 is 1.25 bits per heavy atom. The Hall–Kier alpha value is -0.540. The summed E-state index contributed by atoms with van der Waals surface area (Å²) in [6, 6.07) is 8.95. The zero-order valence-electron chi connectivity index (χ0n) is 9.56. The van der Waals surface area contributed by atoms with Gasteiger partial charge in [0.1, 0.15) is 0 Å². The van der Waals surface area contributed by atoms with Crippen molar-refractivity contribution in [2.24, 2.45) is 0 Å². The second-order valence-corrected chi connectivity index (χ2v) is 5.47. The van der Waals surface area contributed by atoms with E-state index in [1.807, 2.05) is 6.07 Å². The summed E-state index contributed by atoms with van der Waals surface area (Å²) in [7, 11) is 2.14. The highest BCUT2D eigenvalue weighted by Gasteiger charge is 2.22. The molecule has 0 amide bonds. The van der Waals surface area contributed by atoms with Crippen LogP contribution in [-0.4, -0.2) is 24.3 Å². The van der Waals surface area contributed by atoms with E-state index >= 15 is 0 Å². The fourth-order valence-electron chi connectivity index (χ4n) is 2.35. The van der Waals surface area contributed by atoms with E-state index in [-0.39, 0.29) is 6.10 Å². The molecular weight excluding hydrogens is 266 g/mol. The van der Waals surface area contributed by atoms with Crippen molar-refractivity contribution in [2.45, 2.75) is 37.8 Å². The second kappa shape index (κ2) is 5.19. The fourth-order valence-corrected chi connectivity index (χ4v) is 2.74. The van der Waals surface area contributed by atoms with Crippen LogP contribution in [0.25, 0.3) is 0 Å². The van der Waals surface area contributed by atoms with Gasteiger partial charge in [-0.15, -0.1) is 0 Å². The molecule has 1 saturated carbocycles. The number of hydrogen-bond donors (Lipinski definition) is 1. The largest absolute Gasteiger partial charge is 0.393 e. The fraction of sp³-hybridized carbons (Fsp3) is 0.538. The van der Waals surface area contributed by atoms with Crippen LogP contribution in [0.5, 0.6) is 0 Å². The van der Waals surface area contributed by atoms with Gasteiger partial charge >= 0.3 is 0 Å². The van der Waals surface area contributed by atoms with Crippen molar-refractivity contribution in [3.8, 4) is 0 Å². The van der Waals surface area contributed by atoms with Gasteiger partial charge in [-0.25, -0.2) is 0 Å². The number of halogens is 1. The zero-order valence-corrected chi connectivity index (χ0v) is 11.2. The van der Waals surface area contributed by atoms with Crippen LogP contribution in [-0.2, 0) is 0 Å². The first-order valence-corrected chi connectivity index (χ1v) is 6.62. The number of rotatable bonds is 2. The molecule has 3 heteroatoms. The van der Waals surface area contributed by atoms with Crippen molar-refractivity contribution in [2.75, 3.05) is 11.9 Å². The van der Waals surface area contributed by atoms with Crippen LogP contribution in [0.4, 0.5) is 5.69 Å². The molecule has 2 nitrogen and oxygen atoms in total. The summed E-state index contributed by atoms with van der Waals surface area (Å²) in [5, 5.41) is 9.50. The minimum atomic E-state index is -0.0767. The highest BCUT2D eigenvalue weighted by molar-refractivity contribution is 9.10. The third kappa shape index (κ3) is 2.77. The molecule has 0 radical (unpaired) electrons. The summed E-state index contributed by atoms with van der Waals surface area (Å²) in [6.45, 7) is 0. The van der Waals surface area contributed by atoms with Gasteiger partial charge in [-0.05, 0) is 43.9 Å². The number of nitrogens with zero attached hydrogens (tertiary/aromatic N) is 1. The van der Waals surface area contributed by atoms with Crippen molar-refractivity contribution in [1.29, 1.82) is 0 Å². The SMILES string of the molecule is CN(c1cccc(Br)c1)C1CCC(O)CC1. The Kier molecular flexibility index (Phi) is 3.87. The average molecular weight is 284 g/mol. The minimum Gasteiger partial charge on any atom is -0.393 e. The molecule has 0 spiro atoms. The topological polar surface area (TPSA) is 23.5 Å². The molecule has 1 aromatic rings. The summed E-state index contributed by atoms with van der Waals surface area (Å²) in [5.74, 6) is 0. The maximum absolute atomic E-state index is 9.50. The van der Waals surface area contributed by atoms with Crippen LogP contribution < -0.4 is 4.90 Å². The van der Waals surface area contributed by atoms with Gasteiger partial charge in [0, 0.05) is 23.2 Å². The average Bonchev–Trinajstić information content (AvgIpc) is 2.29. The molecular formula is C13H18BrNO. The third-order valence-electron chi connectivity index (χ3n) is 3.43. The molecule has 0 heterocycles. The summed E-state index contributed by atoms with van der Waals surface area (Å²) in [5.41, 5.74) is 1.25. The van der Waals surface area contributed by atoms with E-state index in [2.05, 4.69) is 46.1 Å². The molecule has 1 aliphatic carbocycles. The molecule has 16 heavy (non-hydrogen) atoms. The number of aliphatic hydroxyl groups is 1. The normalized spacial score (nSPS) is 25.4. The first-order chi connectivity index (χ1) is 7.66. The highest BCUT2D eigenvalue weighted by Crippen LogP contribution is 2.27. The Labute approximate surface area is 105 Å². The maximum atomic E-state index is 9.50. The van der Waals surface area contributed by atoms with E-state index < -0.39 is 0 Å². The number of aliphatic hydroxyl groups excluding tert-OH is 1. The van der Waals surface area contributed by atoms with Gasteiger partial charge in [0.05, 0.1) is 6.10 Å². The lowest BCUT2D eigenvalue weighted by atomic mass is 9.92. The Morgan fingerprint density at radius 2 is 1.94 bits per heavy atom. The quantitative estimate of drug-likeness (QED) is 0.901. The molecule has 2 rings (SSSR count). The zero-order chi connectivity index (χ0) is 11.5. The number of benzene rings is 1. The minimum absolute atomic E-state index is 0.0767. The van der Waals surface area contributed by atoms with Crippen LogP contribution in [0.3, 0.4) is 0 Å². The van der Waals surface area contributed by atoms with Crippen molar-refractivity contribution in [1.82, 2.24) is 0 Å². The number of hydrogen-bond acceptors (Lipinski definition) is 2. The van der Waals surface area contributed by atoms with Crippen molar-refractivity contribution in [3.63, 3.8) is 0 Å². The summed E-state index contributed by atoms with van der Waals surface area (Å²) >= 11 is 3.50. The van der Waals surface area contributed by atoms with Crippen LogP contribution in [0, 0.1) is 0 Å². The van der Waals surface area contributed by atoms with Gasteiger partial charge in [-0.1, -0.05) is 22.0 Å². The Bertz CT molecular complexity index is 348. The summed E-state index contributed by atoms with van der Waals surface area (Å²) in [6.07, 6.45) is 3.97. The van der Waals surface area contributed by atoms with E-state index in [0.29, 0.717) is 6.04 Å². The lowest BCUT2D eigenvalue weighted by Crippen LogP contribution is -2.36. The number of anilines is 1. The van der Waals surface area contributed by atoms with Crippen LogP contribution in [0.15, 0.2) is 28.7 Å². The van der Waals surface area contributed by atoms with Crippen LogP contribution in [0.2, 0.25) is 0 Å². The van der Waals surface area contributed by atoms with E-state index in [4.69, 9.17) is 0 Å². The molecule has 1 fully saturated rings. The molecule has 0 saturated heterocycles. The standard InChI is InChI=1S/C13H18BrNO/c1-15(11-5-7-13(16)8-6-11)12-4-2-3-10(14)9-12/h2-4,9,11,13,16H,5-8H2,1H3. The van der Waals surface area contributed by atoms with E-state index in [1.165, 1.54) is 5.69 Å². The van der Waals surface area contributed by atoms with Crippen LogP contribution >= 0.6 is 15.9 Å². The maximum Gasteiger partial charge on any atom is 0.0541 e. The third-order valence-corrected chi connectivity index (χ3v) is 3.92.